The van der Waals surface area contributed by atoms with Crippen molar-refractivity contribution in [1.82, 2.24) is 0 Å². The van der Waals surface area contributed by atoms with E-state index >= 15 is 0 Å². The monoisotopic (exact) mass is 311 g/mol. The highest BCUT2D eigenvalue weighted by Crippen LogP contribution is 2.40. The van der Waals surface area contributed by atoms with Crippen molar-refractivity contribution in [3.63, 3.8) is 0 Å². The Labute approximate surface area is 128 Å². The molecule has 1 saturated carbocycles. The van der Waals surface area contributed by atoms with Crippen LogP contribution in [0.3, 0.4) is 0 Å². The minimum Gasteiger partial charge on any atom is -0.478 e. The second-order valence-electron chi connectivity index (χ2n) is 5.70. The van der Waals surface area contributed by atoms with Crippen molar-refractivity contribution in [3.8, 4) is 0 Å². The molecule has 0 saturated heterocycles. The van der Waals surface area contributed by atoms with Gasteiger partial charge in [-0.3, -0.25) is 0 Å². The van der Waals surface area contributed by atoms with Crippen molar-refractivity contribution in [1.29, 1.82) is 0 Å². The lowest BCUT2D eigenvalue weighted by atomic mass is 9.96. The maximum atomic E-state index is 11.6. The summed E-state index contributed by atoms with van der Waals surface area (Å²) in [5.41, 5.74) is 1.65. The molecule has 1 fully saturated rings. The molecule has 1 aromatic heterocycles. The lowest BCUT2D eigenvalue weighted by molar-refractivity contribution is 0.0697. The molecule has 1 aromatic rings. The van der Waals surface area contributed by atoms with Gasteiger partial charge in [-0.15, -0.1) is 11.3 Å². The van der Waals surface area contributed by atoms with Crippen molar-refractivity contribution >= 4 is 34.3 Å². The second kappa shape index (κ2) is 6.39. The van der Waals surface area contributed by atoms with Gasteiger partial charge in [-0.1, -0.05) is 19.3 Å². The molecule has 3 nitrogen and oxygen atoms in total. The van der Waals surface area contributed by atoms with Gasteiger partial charge in [0.15, 0.2) is 0 Å². The van der Waals surface area contributed by atoms with E-state index in [1.54, 1.807) is 23.3 Å². The third kappa shape index (κ3) is 2.98. The zero-order valence-electron chi connectivity index (χ0n) is 11.6. The van der Waals surface area contributed by atoms with Gasteiger partial charge >= 0.3 is 5.97 Å². The minimum atomic E-state index is -0.767. The van der Waals surface area contributed by atoms with Crippen LogP contribution in [0.4, 0.5) is 5.00 Å². The number of hydrogen-bond acceptors (Lipinski definition) is 4. The SMILES string of the molecule is O=C(O)c1c(NSC2CCCCC2)sc2c1CCCC2. The Kier molecular flexibility index (Phi) is 4.56. The van der Waals surface area contributed by atoms with Crippen LogP contribution in [-0.2, 0) is 12.8 Å². The summed E-state index contributed by atoms with van der Waals surface area (Å²) < 4.78 is 3.38. The van der Waals surface area contributed by atoms with E-state index in [9.17, 15) is 9.90 Å². The third-order valence-electron chi connectivity index (χ3n) is 4.26. The average molecular weight is 311 g/mol. The summed E-state index contributed by atoms with van der Waals surface area (Å²) >= 11 is 3.41. The number of fused-ring (bicyclic) bond motifs is 1. The first-order chi connectivity index (χ1) is 9.75. The van der Waals surface area contributed by atoms with Gasteiger partial charge in [0.05, 0.1) is 5.56 Å². The standard InChI is InChI=1S/C15H21NO2S2/c17-15(18)13-11-8-4-5-9-12(11)19-14(13)16-20-10-6-2-1-3-7-10/h10,16H,1-9H2,(H,17,18). The summed E-state index contributed by atoms with van der Waals surface area (Å²) in [6, 6.07) is 0. The molecule has 0 atom stereocenters. The van der Waals surface area contributed by atoms with E-state index in [2.05, 4.69) is 4.72 Å². The van der Waals surface area contributed by atoms with Crippen LogP contribution in [-0.4, -0.2) is 16.3 Å². The minimum absolute atomic E-state index is 0.549. The molecule has 0 radical (unpaired) electrons. The Morgan fingerprint density at radius 3 is 2.65 bits per heavy atom. The van der Waals surface area contributed by atoms with Crippen LogP contribution >= 0.6 is 23.3 Å². The van der Waals surface area contributed by atoms with Crippen LogP contribution < -0.4 is 4.72 Å². The number of thiophene rings is 1. The largest absolute Gasteiger partial charge is 0.478 e. The number of carboxylic acids is 1. The van der Waals surface area contributed by atoms with Crippen LogP contribution in [0.2, 0.25) is 0 Å². The number of anilines is 1. The number of carbonyl (C=O) groups is 1. The Morgan fingerprint density at radius 1 is 1.15 bits per heavy atom. The average Bonchev–Trinajstić information content (AvgIpc) is 2.84. The maximum absolute atomic E-state index is 11.6. The molecule has 0 unspecified atom stereocenters. The molecule has 0 aromatic carbocycles. The number of rotatable bonds is 4. The molecular formula is C15H21NO2S2. The summed E-state index contributed by atoms with van der Waals surface area (Å²) in [4.78, 5) is 12.9. The van der Waals surface area contributed by atoms with Crippen LogP contribution in [0.5, 0.6) is 0 Å². The molecule has 0 amide bonds. The van der Waals surface area contributed by atoms with Crippen molar-refractivity contribution in [2.45, 2.75) is 63.0 Å². The van der Waals surface area contributed by atoms with Crippen LogP contribution in [0.25, 0.3) is 0 Å². The summed E-state index contributed by atoms with van der Waals surface area (Å²) in [6.07, 6.45) is 10.8. The second-order valence-corrected chi connectivity index (χ2v) is 7.91. The van der Waals surface area contributed by atoms with Gasteiger partial charge in [0.25, 0.3) is 0 Å². The van der Waals surface area contributed by atoms with Crippen LogP contribution in [0.15, 0.2) is 0 Å². The first kappa shape index (κ1) is 14.3. The van der Waals surface area contributed by atoms with E-state index in [4.69, 9.17) is 0 Å². The quantitative estimate of drug-likeness (QED) is 0.790. The molecule has 20 heavy (non-hydrogen) atoms. The molecular weight excluding hydrogens is 290 g/mol. The van der Waals surface area contributed by atoms with Gasteiger partial charge in [0.2, 0.25) is 0 Å². The Morgan fingerprint density at radius 2 is 1.90 bits per heavy atom. The van der Waals surface area contributed by atoms with Gasteiger partial charge in [-0.25, -0.2) is 4.79 Å². The highest BCUT2D eigenvalue weighted by atomic mass is 32.2. The molecule has 110 valence electrons. The van der Waals surface area contributed by atoms with E-state index in [1.807, 2.05) is 0 Å². The molecule has 0 aliphatic heterocycles. The first-order valence-corrected chi connectivity index (χ1v) is 9.25. The molecule has 2 aliphatic carbocycles. The van der Waals surface area contributed by atoms with Gasteiger partial charge in [-0.05, 0) is 56.0 Å². The molecule has 0 bridgehead atoms. The number of aryl methyl sites for hydroxylation is 1. The summed E-state index contributed by atoms with van der Waals surface area (Å²) in [5, 5.41) is 11.0. The fourth-order valence-electron chi connectivity index (χ4n) is 3.18. The van der Waals surface area contributed by atoms with E-state index in [0.717, 1.165) is 29.8 Å². The van der Waals surface area contributed by atoms with Gasteiger partial charge in [0, 0.05) is 10.1 Å². The highest BCUT2D eigenvalue weighted by Gasteiger charge is 2.25. The van der Waals surface area contributed by atoms with Gasteiger partial charge in [-0.2, -0.15) is 0 Å². The topological polar surface area (TPSA) is 49.3 Å². The Bertz CT molecular complexity index is 492. The fourth-order valence-corrected chi connectivity index (χ4v) is 5.57. The van der Waals surface area contributed by atoms with Crippen molar-refractivity contribution < 1.29 is 9.90 Å². The predicted octanol–water partition coefficient (Wildman–Crippen LogP) is 4.72. The highest BCUT2D eigenvalue weighted by molar-refractivity contribution is 8.01. The van der Waals surface area contributed by atoms with Crippen molar-refractivity contribution in [2.24, 2.45) is 0 Å². The van der Waals surface area contributed by atoms with Gasteiger partial charge in [0.1, 0.15) is 5.00 Å². The fraction of sp³-hybridized carbons (Fsp3) is 0.667. The first-order valence-electron chi connectivity index (χ1n) is 7.55. The van der Waals surface area contributed by atoms with Crippen molar-refractivity contribution in [2.75, 3.05) is 4.72 Å². The molecule has 2 aliphatic rings. The van der Waals surface area contributed by atoms with Crippen LogP contribution in [0, 0.1) is 0 Å². The van der Waals surface area contributed by atoms with Crippen molar-refractivity contribution in [3.05, 3.63) is 16.0 Å². The normalized spacial score (nSPS) is 19.6. The van der Waals surface area contributed by atoms with E-state index in [1.165, 1.54) is 43.4 Å². The molecule has 1 heterocycles. The lowest BCUT2D eigenvalue weighted by Crippen LogP contribution is -2.11. The number of hydrogen-bond donors (Lipinski definition) is 2. The third-order valence-corrected chi connectivity index (χ3v) is 6.72. The Balaban J connectivity index is 1.74. The Hall–Kier alpha value is -0.680. The maximum Gasteiger partial charge on any atom is 0.339 e. The van der Waals surface area contributed by atoms with E-state index in [0.29, 0.717) is 10.8 Å². The predicted molar refractivity (Wildman–Crippen MR) is 86.0 cm³/mol. The zero-order valence-corrected chi connectivity index (χ0v) is 13.2. The zero-order chi connectivity index (χ0) is 13.9. The van der Waals surface area contributed by atoms with Gasteiger partial charge < -0.3 is 9.83 Å². The van der Waals surface area contributed by atoms with E-state index in [-0.39, 0.29) is 0 Å². The van der Waals surface area contributed by atoms with E-state index < -0.39 is 5.97 Å². The number of carboxylic acid groups (broad SMARTS) is 1. The smallest absolute Gasteiger partial charge is 0.339 e. The summed E-state index contributed by atoms with van der Waals surface area (Å²) in [7, 11) is 0. The number of aromatic carboxylic acids is 1. The molecule has 5 heteroatoms. The lowest BCUT2D eigenvalue weighted by Gasteiger charge is -2.21. The summed E-state index contributed by atoms with van der Waals surface area (Å²) in [6.45, 7) is 0. The molecule has 3 rings (SSSR count). The van der Waals surface area contributed by atoms with Crippen LogP contribution in [0.1, 0.15) is 65.7 Å². The number of nitrogens with one attached hydrogen (secondary N) is 1. The molecule has 0 spiro atoms. The summed E-state index contributed by atoms with van der Waals surface area (Å²) in [5.74, 6) is -0.767. The molecule has 2 N–H and O–H groups in total.